The molecule has 0 radical (unpaired) electrons. The maximum absolute atomic E-state index is 11.3. The summed E-state index contributed by atoms with van der Waals surface area (Å²) in [5, 5.41) is 15.0. The average molecular weight is 311 g/mol. The molecule has 0 spiro atoms. The van der Waals surface area contributed by atoms with Crippen LogP contribution in [0.5, 0.6) is 0 Å². The summed E-state index contributed by atoms with van der Waals surface area (Å²) in [6, 6.07) is 1.79. The van der Waals surface area contributed by atoms with Gasteiger partial charge in [0.15, 0.2) is 0 Å². The lowest BCUT2D eigenvalue weighted by atomic mass is 9.99. The Morgan fingerprint density at radius 1 is 1.48 bits per heavy atom. The maximum atomic E-state index is 11.3. The summed E-state index contributed by atoms with van der Waals surface area (Å²) in [6.45, 7) is 2.87. The second-order valence-corrected chi connectivity index (χ2v) is 6.29. The third kappa shape index (κ3) is 3.44. The van der Waals surface area contributed by atoms with Crippen LogP contribution in [0.25, 0.3) is 0 Å². The molecule has 0 aromatic carbocycles. The number of anilines is 1. The minimum absolute atomic E-state index is 0.0122. The molecule has 6 nitrogen and oxygen atoms in total. The summed E-state index contributed by atoms with van der Waals surface area (Å²) in [5.41, 5.74) is 0.0122. The molecule has 7 heteroatoms. The molecule has 1 aromatic rings. The predicted octanol–water partition coefficient (Wildman–Crippen LogP) is 2.61. The Balaban J connectivity index is 1.85. The van der Waals surface area contributed by atoms with E-state index in [1.807, 2.05) is 0 Å². The summed E-state index contributed by atoms with van der Waals surface area (Å²) in [5.74, 6) is 0.994. The first-order chi connectivity index (χ1) is 10.1. The van der Waals surface area contributed by atoms with Crippen molar-refractivity contribution in [2.75, 3.05) is 24.5 Å². The van der Waals surface area contributed by atoms with Crippen molar-refractivity contribution >= 4 is 23.1 Å². The van der Waals surface area contributed by atoms with Crippen LogP contribution in [-0.4, -0.2) is 35.6 Å². The van der Waals surface area contributed by atoms with Crippen molar-refractivity contribution in [1.82, 2.24) is 10.3 Å². The van der Waals surface area contributed by atoms with E-state index in [0.29, 0.717) is 22.8 Å². The Morgan fingerprint density at radius 2 is 2.29 bits per heavy atom. The minimum Gasteiger partial charge on any atom is -0.348 e. The molecular weight excluding hydrogens is 292 g/mol. The van der Waals surface area contributed by atoms with E-state index in [2.05, 4.69) is 15.2 Å². The molecule has 114 valence electrons. The Morgan fingerprint density at radius 3 is 2.90 bits per heavy atom. The molecule has 1 aliphatic heterocycles. The van der Waals surface area contributed by atoms with Crippen molar-refractivity contribution in [1.29, 1.82) is 0 Å². The lowest BCUT2D eigenvalue weighted by Crippen LogP contribution is -2.39. The van der Waals surface area contributed by atoms with E-state index in [1.54, 1.807) is 0 Å². The van der Waals surface area contributed by atoms with Gasteiger partial charge >= 0.3 is 5.69 Å². The van der Waals surface area contributed by atoms with E-state index in [-0.39, 0.29) is 10.6 Å². The highest BCUT2D eigenvalue weighted by Gasteiger charge is 2.35. The lowest BCUT2D eigenvalue weighted by molar-refractivity contribution is -0.384. The van der Waals surface area contributed by atoms with Crippen LogP contribution in [0.1, 0.15) is 25.7 Å². The van der Waals surface area contributed by atoms with Gasteiger partial charge in [-0.2, -0.15) is 0 Å². The number of nitro groups is 1. The van der Waals surface area contributed by atoms with Crippen LogP contribution in [0.2, 0.25) is 5.02 Å². The van der Waals surface area contributed by atoms with Gasteiger partial charge in [-0.15, -0.1) is 0 Å². The third-order valence-electron chi connectivity index (χ3n) is 4.12. The largest absolute Gasteiger partial charge is 0.348 e. The van der Waals surface area contributed by atoms with Gasteiger partial charge in [0, 0.05) is 24.8 Å². The standard InChI is InChI=1S/C14H19ClN4O2/c15-11-6-13(19(20)21)14(17-8-11)18(12-3-4-12)9-10-2-1-5-16-7-10/h6,8,10,12,16H,1-5,7,9H2. The fourth-order valence-electron chi connectivity index (χ4n) is 2.93. The second-order valence-electron chi connectivity index (χ2n) is 5.85. The van der Waals surface area contributed by atoms with Crippen molar-refractivity contribution in [3.05, 3.63) is 27.4 Å². The number of rotatable bonds is 5. The summed E-state index contributed by atoms with van der Waals surface area (Å²) in [4.78, 5) is 17.3. The van der Waals surface area contributed by atoms with Crippen molar-refractivity contribution in [2.45, 2.75) is 31.7 Å². The molecule has 1 unspecified atom stereocenters. The van der Waals surface area contributed by atoms with Crippen LogP contribution in [0.4, 0.5) is 11.5 Å². The summed E-state index contributed by atoms with van der Waals surface area (Å²) in [7, 11) is 0. The van der Waals surface area contributed by atoms with Crippen LogP contribution in [-0.2, 0) is 0 Å². The fraction of sp³-hybridized carbons (Fsp3) is 0.643. The number of pyridine rings is 1. The molecule has 0 amide bonds. The first-order valence-corrected chi connectivity index (χ1v) is 7.80. The van der Waals surface area contributed by atoms with E-state index in [4.69, 9.17) is 11.6 Å². The average Bonchev–Trinajstić information content (AvgIpc) is 3.31. The van der Waals surface area contributed by atoms with Crippen LogP contribution in [0.15, 0.2) is 12.3 Å². The first-order valence-electron chi connectivity index (χ1n) is 7.42. The van der Waals surface area contributed by atoms with Crippen molar-refractivity contribution in [3.8, 4) is 0 Å². The quantitative estimate of drug-likeness (QED) is 0.668. The monoisotopic (exact) mass is 310 g/mol. The van der Waals surface area contributed by atoms with Gasteiger partial charge in [-0.25, -0.2) is 4.98 Å². The van der Waals surface area contributed by atoms with E-state index in [0.717, 1.165) is 38.9 Å². The molecule has 1 saturated heterocycles. The molecule has 2 aliphatic rings. The van der Waals surface area contributed by atoms with Crippen LogP contribution >= 0.6 is 11.6 Å². The minimum atomic E-state index is -0.386. The molecule has 1 saturated carbocycles. The van der Waals surface area contributed by atoms with Gasteiger partial charge in [-0.05, 0) is 44.7 Å². The topological polar surface area (TPSA) is 71.3 Å². The first kappa shape index (κ1) is 14.5. The van der Waals surface area contributed by atoms with Crippen molar-refractivity contribution in [2.24, 2.45) is 5.92 Å². The number of aromatic nitrogens is 1. The van der Waals surface area contributed by atoms with E-state index in [9.17, 15) is 10.1 Å². The number of nitrogens with one attached hydrogen (secondary N) is 1. The van der Waals surface area contributed by atoms with E-state index in [1.165, 1.54) is 18.7 Å². The molecule has 2 heterocycles. The number of hydrogen-bond donors (Lipinski definition) is 1. The van der Waals surface area contributed by atoms with Crippen LogP contribution in [0.3, 0.4) is 0 Å². The molecule has 1 aliphatic carbocycles. The Bertz CT molecular complexity index is 530. The van der Waals surface area contributed by atoms with E-state index < -0.39 is 0 Å². The highest BCUT2D eigenvalue weighted by Crippen LogP contribution is 2.37. The van der Waals surface area contributed by atoms with Gasteiger partial charge in [-0.3, -0.25) is 10.1 Å². The fourth-order valence-corrected chi connectivity index (χ4v) is 3.08. The summed E-state index contributed by atoms with van der Waals surface area (Å²) < 4.78 is 0. The number of nitrogens with zero attached hydrogens (tertiary/aromatic N) is 3. The maximum Gasteiger partial charge on any atom is 0.313 e. The van der Waals surface area contributed by atoms with Gasteiger partial charge in [0.05, 0.1) is 9.95 Å². The molecule has 1 N–H and O–H groups in total. The molecule has 2 fully saturated rings. The summed E-state index contributed by atoms with van der Waals surface area (Å²) >= 11 is 5.86. The number of halogens is 1. The zero-order valence-electron chi connectivity index (χ0n) is 11.8. The van der Waals surface area contributed by atoms with Crippen LogP contribution in [0, 0.1) is 16.0 Å². The highest BCUT2D eigenvalue weighted by atomic mass is 35.5. The molecule has 1 aromatic heterocycles. The molecule has 1 atom stereocenters. The smallest absolute Gasteiger partial charge is 0.313 e. The van der Waals surface area contributed by atoms with Gasteiger partial charge < -0.3 is 10.2 Å². The Hall–Kier alpha value is -1.40. The third-order valence-corrected chi connectivity index (χ3v) is 4.33. The number of piperidine rings is 1. The number of hydrogen-bond acceptors (Lipinski definition) is 5. The SMILES string of the molecule is O=[N+]([O-])c1cc(Cl)cnc1N(CC1CCCNC1)C1CC1. The molecule has 0 bridgehead atoms. The molecule has 21 heavy (non-hydrogen) atoms. The van der Waals surface area contributed by atoms with Crippen LogP contribution < -0.4 is 10.2 Å². The summed E-state index contributed by atoms with van der Waals surface area (Å²) in [6.07, 6.45) is 6.00. The normalized spacial score (nSPS) is 22.0. The second kappa shape index (κ2) is 6.15. The zero-order chi connectivity index (χ0) is 14.8. The predicted molar refractivity (Wildman–Crippen MR) is 81.9 cm³/mol. The van der Waals surface area contributed by atoms with Gasteiger partial charge in [0.25, 0.3) is 0 Å². The molecular formula is C14H19ClN4O2. The Kier molecular flexibility index (Phi) is 4.26. The lowest BCUT2D eigenvalue weighted by Gasteiger charge is -2.30. The Labute approximate surface area is 128 Å². The van der Waals surface area contributed by atoms with Crippen molar-refractivity contribution in [3.63, 3.8) is 0 Å². The van der Waals surface area contributed by atoms with E-state index >= 15 is 0 Å². The van der Waals surface area contributed by atoms with Gasteiger partial charge in [0.1, 0.15) is 0 Å². The molecule has 3 rings (SSSR count). The van der Waals surface area contributed by atoms with Crippen molar-refractivity contribution < 1.29 is 4.92 Å². The highest BCUT2D eigenvalue weighted by molar-refractivity contribution is 6.30. The zero-order valence-corrected chi connectivity index (χ0v) is 12.6. The van der Waals surface area contributed by atoms with Gasteiger partial charge in [-0.1, -0.05) is 11.6 Å². The van der Waals surface area contributed by atoms with Gasteiger partial charge in [0.2, 0.25) is 5.82 Å².